The minimum absolute atomic E-state index is 0.279. The number of nitrogens with two attached hydrogens (primary N) is 1. The molecule has 1 saturated heterocycles. The van der Waals surface area contributed by atoms with E-state index >= 15 is 0 Å². The summed E-state index contributed by atoms with van der Waals surface area (Å²) in [4.78, 5) is 9.24. The van der Waals surface area contributed by atoms with Crippen molar-refractivity contribution in [2.75, 3.05) is 37.9 Å². The molecule has 1 aliphatic rings. The smallest absolute Gasteiger partial charge is 0.222 e. The maximum Gasteiger partial charge on any atom is 0.222 e. The molecular formula is C28H36N6O2. The third-order valence-corrected chi connectivity index (χ3v) is 6.84. The molecule has 5 rings (SSSR count). The maximum absolute atomic E-state index is 6.13. The SMILES string of the molecule is CCCCNc1nc(N)nc2c3ccccc3n(Cc3cc(CNCC4CCCO4)ccc3OC)c12. The van der Waals surface area contributed by atoms with Crippen LogP contribution >= 0.6 is 0 Å². The zero-order valence-corrected chi connectivity index (χ0v) is 21.2. The molecule has 2 aromatic heterocycles. The van der Waals surface area contributed by atoms with Gasteiger partial charge in [-0.05, 0) is 43.0 Å². The van der Waals surface area contributed by atoms with Crippen LogP contribution in [-0.2, 0) is 17.8 Å². The number of nitrogens with one attached hydrogen (secondary N) is 2. The van der Waals surface area contributed by atoms with Gasteiger partial charge in [0.25, 0.3) is 0 Å². The summed E-state index contributed by atoms with van der Waals surface area (Å²) in [7, 11) is 1.72. The molecule has 0 spiro atoms. The second-order valence-corrected chi connectivity index (χ2v) is 9.42. The summed E-state index contributed by atoms with van der Waals surface area (Å²) < 4.78 is 13.8. The quantitative estimate of drug-likeness (QED) is 0.263. The molecule has 4 N–H and O–H groups in total. The largest absolute Gasteiger partial charge is 0.496 e. The molecule has 0 saturated carbocycles. The highest BCUT2D eigenvalue weighted by atomic mass is 16.5. The van der Waals surface area contributed by atoms with Crippen LogP contribution in [0, 0.1) is 0 Å². The minimum atomic E-state index is 0.279. The zero-order chi connectivity index (χ0) is 24.9. The molecule has 3 heterocycles. The number of ether oxygens (including phenoxy) is 2. The fraction of sp³-hybridized carbons (Fsp3) is 0.429. The molecule has 0 aliphatic carbocycles. The molecule has 2 aromatic carbocycles. The van der Waals surface area contributed by atoms with Crippen molar-refractivity contribution in [1.82, 2.24) is 19.9 Å². The Hall–Kier alpha value is -3.36. The van der Waals surface area contributed by atoms with E-state index in [-0.39, 0.29) is 5.95 Å². The molecule has 0 bridgehead atoms. The lowest BCUT2D eigenvalue weighted by Crippen LogP contribution is -2.25. The summed E-state index contributed by atoms with van der Waals surface area (Å²) >= 11 is 0. The number of anilines is 2. The Kier molecular flexibility index (Phi) is 7.53. The van der Waals surface area contributed by atoms with Gasteiger partial charge >= 0.3 is 0 Å². The van der Waals surface area contributed by atoms with Gasteiger partial charge < -0.3 is 30.4 Å². The van der Waals surface area contributed by atoms with Crippen molar-refractivity contribution >= 4 is 33.7 Å². The monoisotopic (exact) mass is 488 g/mol. The van der Waals surface area contributed by atoms with Gasteiger partial charge in [-0.3, -0.25) is 0 Å². The van der Waals surface area contributed by atoms with Crippen LogP contribution in [0.3, 0.4) is 0 Å². The summed E-state index contributed by atoms with van der Waals surface area (Å²) in [5.41, 5.74) is 11.4. The second-order valence-electron chi connectivity index (χ2n) is 9.42. The van der Waals surface area contributed by atoms with Gasteiger partial charge in [-0.1, -0.05) is 37.6 Å². The number of nitrogen functional groups attached to an aromatic ring is 1. The number of fused-ring (bicyclic) bond motifs is 3. The van der Waals surface area contributed by atoms with Gasteiger partial charge in [-0.25, -0.2) is 4.98 Å². The van der Waals surface area contributed by atoms with E-state index in [0.29, 0.717) is 12.6 Å². The lowest BCUT2D eigenvalue weighted by atomic mass is 10.1. The van der Waals surface area contributed by atoms with Crippen molar-refractivity contribution in [1.29, 1.82) is 0 Å². The van der Waals surface area contributed by atoms with Crippen LogP contribution in [-0.4, -0.2) is 47.4 Å². The van der Waals surface area contributed by atoms with E-state index in [1.807, 2.05) is 6.07 Å². The molecule has 1 aliphatic heterocycles. The molecule has 1 atom stereocenters. The number of hydrogen-bond acceptors (Lipinski definition) is 7. The number of para-hydroxylation sites is 1. The molecule has 36 heavy (non-hydrogen) atoms. The molecule has 0 radical (unpaired) electrons. The van der Waals surface area contributed by atoms with Crippen molar-refractivity contribution in [2.45, 2.75) is 51.8 Å². The molecule has 8 heteroatoms. The Morgan fingerprint density at radius 2 is 2.08 bits per heavy atom. The molecular weight excluding hydrogens is 452 g/mol. The topological polar surface area (TPSA) is 99.2 Å². The molecule has 0 amide bonds. The van der Waals surface area contributed by atoms with Crippen molar-refractivity contribution in [3.63, 3.8) is 0 Å². The van der Waals surface area contributed by atoms with E-state index in [1.165, 1.54) is 5.56 Å². The third kappa shape index (κ3) is 5.10. The average molecular weight is 489 g/mol. The fourth-order valence-electron chi connectivity index (χ4n) is 5.03. The number of unbranched alkanes of at least 4 members (excludes halogenated alkanes) is 1. The predicted molar refractivity (Wildman–Crippen MR) is 146 cm³/mol. The molecule has 1 unspecified atom stereocenters. The van der Waals surface area contributed by atoms with Gasteiger partial charge in [0.1, 0.15) is 16.8 Å². The first kappa shape index (κ1) is 24.3. The van der Waals surface area contributed by atoms with Crippen LogP contribution in [0.2, 0.25) is 0 Å². The van der Waals surface area contributed by atoms with Crippen molar-refractivity contribution < 1.29 is 9.47 Å². The van der Waals surface area contributed by atoms with Crippen LogP contribution in [0.15, 0.2) is 42.5 Å². The lowest BCUT2D eigenvalue weighted by molar-refractivity contribution is 0.110. The summed E-state index contributed by atoms with van der Waals surface area (Å²) in [5.74, 6) is 1.91. The van der Waals surface area contributed by atoms with Crippen molar-refractivity contribution in [3.8, 4) is 5.75 Å². The Bertz CT molecular complexity index is 1330. The van der Waals surface area contributed by atoms with E-state index < -0.39 is 0 Å². The first-order valence-electron chi connectivity index (χ1n) is 12.9. The van der Waals surface area contributed by atoms with Gasteiger partial charge in [0.2, 0.25) is 5.95 Å². The molecule has 4 aromatic rings. The lowest BCUT2D eigenvalue weighted by Gasteiger charge is -2.16. The Morgan fingerprint density at radius 3 is 2.89 bits per heavy atom. The van der Waals surface area contributed by atoms with Crippen LogP contribution in [0.4, 0.5) is 11.8 Å². The van der Waals surface area contributed by atoms with Crippen molar-refractivity contribution in [3.05, 3.63) is 53.6 Å². The number of aromatic nitrogens is 3. The van der Waals surface area contributed by atoms with Crippen molar-refractivity contribution in [2.24, 2.45) is 0 Å². The van der Waals surface area contributed by atoms with Crippen LogP contribution in [0.25, 0.3) is 21.9 Å². The van der Waals surface area contributed by atoms with Crippen LogP contribution < -0.4 is 21.1 Å². The highest BCUT2D eigenvalue weighted by Crippen LogP contribution is 2.34. The summed E-state index contributed by atoms with van der Waals surface area (Å²) in [6.07, 6.45) is 4.77. The number of nitrogens with zero attached hydrogens (tertiary/aromatic N) is 3. The van der Waals surface area contributed by atoms with Crippen LogP contribution in [0.5, 0.6) is 5.75 Å². The summed E-state index contributed by atoms with van der Waals surface area (Å²) in [6.45, 7) is 6.18. The minimum Gasteiger partial charge on any atom is -0.496 e. The molecule has 190 valence electrons. The van der Waals surface area contributed by atoms with Crippen LogP contribution in [0.1, 0.15) is 43.7 Å². The summed E-state index contributed by atoms with van der Waals surface area (Å²) in [6, 6.07) is 14.7. The predicted octanol–water partition coefficient (Wildman–Crippen LogP) is 4.70. The number of rotatable bonds is 11. The van der Waals surface area contributed by atoms with E-state index in [4.69, 9.17) is 15.2 Å². The van der Waals surface area contributed by atoms with Gasteiger partial charge in [0, 0.05) is 37.2 Å². The first-order chi connectivity index (χ1) is 17.7. The number of hydrogen-bond donors (Lipinski definition) is 3. The Balaban J connectivity index is 1.51. The van der Waals surface area contributed by atoms with E-state index in [0.717, 1.165) is 91.0 Å². The highest BCUT2D eigenvalue weighted by molar-refractivity contribution is 6.09. The normalized spacial score (nSPS) is 15.7. The number of methoxy groups -OCH3 is 1. The second kappa shape index (κ2) is 11.1. The first-order valence-corrected chi connectivity index (χ1v) is 12.9. The zero-order valence-electron chi connectivity index (χ0n) is 21.2. The Morgan fingerprint density at radius 1 is 1.19 bits per heavy atom. The maximum atomic E-state index is 6.13. The summed E-state index contributed by atoms with van der Waals surface area (Å²) in [5, 5.41) is 8.12. The Labute approximate surface area is 212 Å². The third-order valence-electron chi connectivity index (χ3n) is 6.84. The average Bonchev–Trinajstić information content (AvgIpc) is 3.51. The highest BCUT2D eigenvalue weighted by Gasteiger charge is 2.19. The van der Waals surface area contributed by atoms with E-state index in [9.17, 15) is 0 Å². The van der Waals surface area contributed by atoms with Gasteiger partial charge in [0.05, 0.1) is 25.3 Å². The number of benzene rings is 2. The standard InChI is InChI=1S/C28H36N6O2/c1-3-4-13-31-27-26-25(32-28(29)33-27)22-9-5-6-10-23(22)34(26)18-20-15-19(11-12-24(20)35-2)16-30-17-21-8-7-14-36-21/h5-6,9-12,15,21,30H,3-4,7-8,13-14,16-18H2,1-2H3,(H3,29,31,32,33). The van der Waals surface area contributed by atoms with E-state index in [2.05, 4.69) is 68.5 Å². The van der Waals surface area contributed by atoms with Gasteiger partial charge in [0.15, 0.2) is 5.82 Å². The fourth-order valence-corrected chi connectivity index (χ4v) is 5.03. The molecule has 1 fully saturated rings. The van der Waals surface area contributed by atoms with Gasteiger partial charge in [-0.2, -0.15) is 4.98 Å². The van der Waals surface area contributed by atoms with E-state index in [1.54, 1.807) is 7.11 Å². The van der Waals surface area contributed by atoms with Gasteiger partial charge in [-0.15, -0.1) is 0 Å². The molecule has 8 nitrogen and oxygen atoms in total.